The van der Waals surface area contributed by atoms with E-state index in [4.69, 9.17) is 4.18 Å². The Balaban J connectivity index is 1.14. The van der Waals surface area contributed by atoms with Crippen molar-refractivity contribution >= 4 is 80.9 Å². The summed E-state index contributed by atoms with van der Waals surface area (Å²) in [6, 6.07) is 80.8. The zero-order valence-electron chi connectivity index (χ0n) is 58.9. The van der Waals surface area contributed by atoms with Gasteiger partial charge in [-0.3, -0.25) is 0 Å². The number of fused-ring (bicyclic) bond motifs is 6. The van der Waals surface area contributed by atoms with Crippen molar-refractivity contribution in [3.8, 4) is 66.8 Å². The highest BCUT2D eigenvalue weighted by atomic mass is 32.3. The summed E-state index contributed by atoms with van der Waals surface area (Å²) in [6.07, 6.45) is -8.25. The van der Waals surface area contributed by atoms with Gasteiger partial charge in [0.2, 0.25) is 0 Å². The first kappa shape index (κ1) is 79.3. The highest BCUT2D eigenvalue weighted by molar-refractivity contribution is 8.30. The van der Waals surface area contributed by atoms with Gasteiger partial charge in [-0.1, -0.05) is 273 Å². The Bertz CT molecular complexity index is 5880. The quantitative estimate of drug-likeness (QED) is 0.0711. The van der Waals surface area contributed by atoms with E-state index in [1.54, 1.807) is 206 Å². The molecule has 0 aliphatic heterocycles. The normalized spacial score (nSPS) is 13.6. The summed E-state index contributed by atoms with van der Waals surface area (Å²) in [6.45, 7) is 0. The Morgan fingerprint density at radius 2 is 0.422 bits per heavy atom. The van der Waals surface area contributed by atoms with Crippen LogP contribution < -0.4 is 0 Å². The zero-order valence-corrected chi connectivity index (χ0v) is 59.7. The molecule has 0 radical (unpaired) electrons. The molecule has 15 aromatic rings. The number of alkyl halides is 23. The summed E-state index contributed by atoms with van der Waals surface area (Å²) < 4.78 is 367. The molecule has 15 aromatic carbocycles. The van der Waals surface area contributed by atoms with Gasteiger partial charge in [0.05, 0.1) is 0 Å². The smallest absolute Gasteiger partial charge is 0.397 e. The number of halogens is 23. The molecule has 0 unspecified atom stereocenters. The SMILES string of the molecule is O=C(OS(c1ccccc1)(c1c(-c2cccc3ccccc23)cc(-c2cccc3ccccc23)cc1-c1cccc2ccccc12)c1c(-c2cccc3ccccc23)cc(-c2cccc3ccccc23)cc1-c1cccc2ccccc12)C(F)(F)C(F)(F)C(F)(F)C(F)(F)C(F)(F)C(F)(F)C(F)(F)C(F)(F)C(F)(F)C(F)(F)C(F)(F)F. The molecule has 0 aliphatic carbocycles. The average Bonchev–Trinajstić information content (AvgIpc) is 0.684. The molecule has 0 aromatic heterocycles. The molecule has 0 saturated heterocycles. The van der Waals surface area contributed by atoms with E-state index in [2.05, 4.69) is 0 Å². The molecule has 0 fully saturated rings. The van der Waals surface area contributed by atoms with Crippen LogP contribution in [0, 0.1) is 0 Å². The Morgan fingerprint density at radius 3 is 0.681 bits per heavy atom. The van der Waals surface area contributed by atoms with Gasteiger partial charge < -0.3 is 4.18 Å². The molecule has 0 bridgehead atoms. The summed E-state index contributed by atoms with van der Waals surface area (Å²) in [5.41, 5.74) is 0.686. The molecule has 15 rings (SSSR count). The number of benzene rings is 15. The number of carbonyl (C=O) groups excluding carboxylic acids is 1. The van der Waals surface area contributed by atoms with E-state index in [0.717, 1.165) is 12.1 Å². The van der Waals surface area contributed by atoms with Gasteiger partial charge in [0, 0.05) is 14.7 Å². The summed E-state index contributed by atoms with van der Waals surface area (Å²) in [5, 5.41) is 5.09. The van der Waals surface area contributed by atoms with Gasteiger partial charge in [0.25, 0.3) is 0 Å². The van der Waals surface area contributed by atoms with Gasteiger partial charge >= 0.3 is 71.4 Å². The van der Waals surface area contributed by atoms with Crippen molar-refractivity contribution in [2.24, 2.45) is 0 Å². The predicted octanol–water partition coefficient (Wildman–Crippen LogP) is 29.3. The topological polar surface area (TPSA) is 26.3 Å². The van der Waals surface area contributed by atoms with E-state index in [1.165, 1.54) is 91.0 Å². The minimum absolute atomic E-state index is 0.0602. The van der Waals surface area contributed by atoms with E-state index in [-0.39, 0.29) is 77.2 Å². The maximum absolute atomic E-state index is 18.6. The van der Waals surface area contributed by atoms with E-state index >= 15 is 66.3 Å². The van der Waals surface area contributed by atoms with Crippen molar-refractivity contribution in [1.82, 2.24) is 0 Å². The first-order valence-corrected chi connectivity index (χ1v) is 36.5. The fourth-order valence-corrected chi connectivity index (χ4v) is 18.6. The predicted molar refractivity (Wildman–Crippen MR) is 401 cm³/mol. The molecule has 26 heteroatoms. The summed E-state index contributed by atoms with van der Waals surface area (Å²) in [5.74, 6) is -96.6. The first-order chi connectivity index (χ1) is 54.7. The van der Waals surface area contributed by atoms with Crippen LogP contribution in [0.25, 0.3) is 131 Å². The fourth-order valence-electron chi connectivity index (χ4n) is 14.9. The molecule has 0 atom stereocenters. The van der Waals surface area contributed by atoms with Gasteiger partial charge in [0.15, 0.2) is 0 Å². The van der Waals surface area contributed by atoms with Crippen LogP contribution in [-0.4, -0.2) is 71.4 Å². The van der Waals surface area contributed by atoms with E-state index < -0.39 is 96.4 Å². The lowest BCUT2D eigenvalue weighted by Gasteiger charge is -2.46. The Kier molecular flexibility index (Phi) is 19.1. The Labute approximate surface area is 644 Å². The van der Waals surface area contributed by atoms with Crippen LogP contribution in [0.2, 0.25) is 0 Å². The van der Waals surface area contributed by atoms with E-state index in [0.29, 0.717) is 54.2 Å². The largest absolute Gasteiger partial charge is 0.460 e. The number of rotatable bonds is 20. The molecule has 0 saturated carbocycles. The third-order valence-electron chi connectivity index (χ3n) is 20.7. The maximum atomic E-state index is 18.6. The number of carbonyl (C=O) groups is 1. The monoisotopic (exact) mass is 1630 g/mol. The standard InChI is InChI=1S/C90H51F23O2S/c91-80(92,81(93,94)82(95,96)83(97,98)84(99,100)85(101,102)86(103,104)87(105,106)88(107,108)89(109,110)90(111,112)113)79(114)115-116(60-34-2-1-3-35-60,77-73(69-44-18-30-54-24-6-12-38-63(54)69)48-58(67-42-16-28-52-22-4-10-36-61(52)67)49-74(77)70-45-19-31-55-25-7-13-39-64(55)70)78-75(71-46-20-32-56-26-8-14-40-65(56)71)50-59(68-43-17-29-53-23-5-11-37-62(53)68)51-76(78)72-47-21-33-57-27-9-15-41-66(57)72/h1-51H. The summed E-state index contributed by atoms with van der Waals surface area (Å²) in [7, 11) is -5.61. The van der Waals surface area contributed by atoms with Gasteiger partial charge in [-0.25, -0.2) is 4.79 Å². The van der Waals surface area contributed by atoms with Crippen LogP contribution in [0.1, 0.15) is 0 Å². The summed E-state index contributed by atoms with van der Waals surface area (Å²) >= 11 is 0. The molecule has 0 spiro atoms. The molecule has 116 heavy (non-hydrogen) atoms. The van der Waals surface area contributed by atoms with Crippen molar-refractivity contribution in [2.45, 2.75) is 80.1 Å². The number of hydrogen-bond donors (Lipinski definition) is 0. The lowest BCUT2D eigenvalue weighted by molar-refractivity contribution is -0.477. The Morgan fingerprint density at radius 1 is 0.216 bits per heavy atom. The van der Waals surface area contributed by atoms with Crippen molar-refractivity contribution < 1.29 is 110 Å². The second-order valence-corrected chi connectivity index (χ2v) is 30.0. The van der Waals surface area contributed by atoms with Crippen molar-refractivity contribution in [1.29, 1.82) is 0 Å². The average molecular weight is 1630 g/mol. The van der Waals surface area contributed by atoms with Crippen LogP contribution in [0.4, 0.5) is 101 Å². The van der Waals surface area contributed by atoms with Crippen molar-refractivity contribution in [3.05, 3.63) is 309 Å². The minimum atomic E-state index is -9.72. The zero-order chi connectivity index (χ0) is 82.9. The second kappa shape index (κ2) is 27.9. The highest BCUT2D eigenvalue weighted by Crippen LogP contribution is 2.78. The Hall–Kier alpha value is -11.9. The lowest BCUT2D eigenvalue weighted by atomic mass is 9.85. The molecule has 0 N–H and O–H groups in total. The van der Waals surface area contributed by atoms with Gasteiger partial charge in [-0.15, -0.1) is 0 Å². The molecule has 0 heterocycles. The van der Waals surface area contributed by atoms with E-state index in [1.807, 2.05) is 0 Å². The summed E-state index contributed by atoms with van der Waals surface area (Å²) in [4.78, 5) is 14.7. The minimum Gasteiger partial charge on any atom is -0.397 e. The number of hydrogen-bond acceptors (Lipinski definition) is 2. The molecule has 590 valence electrons. The van der Waals surface area contributed by atoms with Gasteiger partial charge in [0.1, 0.15) is 0 Å². The third kappa shape index (κ3) is 11.8. The van der Waals surface area contributed by atoms with Crippen LogP contribution in [0.15, 0.2) is 324 Å². The van der Waals surface area contributed by atoms with Crippen molar-refractivity contribution in [3.63, 3.8) is 0 Å². The third-order valence-corrected chi connectivity index (χ3v) is 24.1. The maximum Gasteiger partial charge on any atom is 0.460 e. The van der Waals surface area contributed by atoms with Crippen LogP contribution in [0.3, 0.4) is 0 Å². The second-order valence-electron chi connectivity index (χ2n) is 27.4. The first-order valence-electron chi connectivity index (χ1n) is 34.9. The van der Waals surface area contributed by atoms with Crippen molar-refractivity contribution in [2.75, 3.05) is 0 Å². The molecule has 0 aliphatic rings. The fraction of sp³-hybridized carbons (Fsp3) is 0.122. The van der Waals surface area contributed by atoms with Gasteiger partial charge in [-0.2, -0.15) is 101 Å². The van der Waals surface area contributed by atoms with Crippen LogP contribution >= 0.6 is 10.3 Å². The lowest BCUT2D eigenvalue weighted by Crippen LogP contribution is -2.78. The molecule has 0 amide bonds. The van der Waals surface area contributed by atoms with E-state index in [9.17, 15) is 39.5 Å². The van der Waals surface area contributed by atoms with Crippen LogP contribution in [-0.2, 0) is 8.98 Å². The highest BCUT2D eigenvalue weighted by Gasteiger charge is 2.99. The van der Waals surface area contributed by atoms with Crippen LogP contribution in [0.5, 0.6) is 0 Å². The van der Waals surface area contributed by atoms with Gasteiger partial charge in [-0.05, 0) is 178 Å². The molecular weight excluding hydrogens is 1580 g/mol. The molecule has 2 nitrogen and oxygen atoms in total. The molecular formula is C90H51F23O2S.